The molecule has 4 nitrogen and oxygen atoms in total. The van der Waals surface area contributed by atoms with Crippen molar-refractivity contribution in [1.82, 2.24) is 4.72 Å². The lowest BCUT2D eigenvalue weighted by Gasteiger charge is -2.38. The molecule has 5 heteroatoms. The molecule has 0 aromatic carbocycles. The molecule has 1 saturated carbocycles. The average Bonchev–Trinajstić information content (AvgIpc) is 2.09. The van der Waals surface area contributed by atoms with Gasteiger partial charge in [0.15, 0.2) is 0 Å². The highest BCUT2D eigenvalue weighted by Crippen LogP contribution is 2.28. The van der Waals surface area contributed by atoms with E-state index in [-0.39, 0.29) is 11.3 Å². The Labute approximate surface area is 92.7 Å². The van der Waals surface area contributed by atoms with Crippen LogP contribution in [0.3, 0.4) is 0 Å². The van der Waals surface area contributed by atoms with Crippen molar-refractivity contribution in [1.29, 1.82) is 0 Å². The van der Waals surface area contributed by atoms with Crippen LogP contribution in [0, 0.1) is 5.92 Å². The van der Waals surface area contributed by atoms with Gasteiger partial charge in [0, 0.05) is 12.1 Å². The SMILES string of the molecule is CC(C)CCS(=O)(=O)NCC1(N)CCC1. The van der Waals surface area contributed by atoms with Crippen LogP contribution < -0.4 is 10.5 Å². The predicted octanol–water partition coefficient (Wildman–Crippen LogP) is 0.833. The van der Waals surface area contributed by atoms with Crippen LogP contribution in [0.4, 0.5) is 0 Å². The number of nitrogens with one attached hydrogen (secondary N) is 1. The largest absolute Gasteiger partial charge is 0.324 e. The topological polar surface area (TPSA) is 72.2 Å². The molecule has 90 valence electrons. The summed E-state index contributed by atoms with van der Waals surface area (Å²) in [6, 6.07) is 0. The number of sulfonamides is 1. The van der Waals surface area contributed by atoms with Gasteiger partial charge in [-0.3, -0.25) is 0 Å². The highest BCUT2D eigenvalue weighted by Gasteiger charge is 2.33. The van der Waals surface area contributed by atoms with E-state index in [9.17, 15) is 8.42 Å². The summed E-state index contributed by atoms with van der Waals surface area (Å²) in [4.78, 5) is 0. The van der Waals surface area contributed by atoms with Crippen molar-refractivity contribution < 1.29 is 8.42 Å². The van der Waals surface area contributed by atoms with Crippen molar-refractivity contribution in [2.75, 3.05) is 12.3 Å². The van der Waals surface area contributed by atoms with Crippen LogP contribution in [0.1, 0.15) is 39.5 Å². The molecule has 0 amide bonds. The molecule has 3 N–H and O–H groups in total. The second kappa shape index (κ2) is 4.80. The van der Waals surface area contributed by atoms with Gasteiger partial charge in [0.05, 0.1) is 5.75 Å². The average molecular weight is 234 g/mol. The van der Waals surface area contributed by atoms with E-state index in [1.54, 1.807) is 0 Å². The van der Waals surface area contributed by atoms with Gasteiger partial charge in [0.25, 0.3) is 0 Å². The number of hydrogen-bond acceptors (Lipinski definition) is 3. The van der Waals surface area contributed by atoms with Gasteiger partial charge >= 0.3 is 0 Å². The Morgan fingerprint density at radius 3 is 2.40 bits per heavy atom. The van der Waals surface area contributed by atoms with Gasteiger partial charge in [0.1, 0.15) is 0 Å². The van der Waals surface area contributed by atoms with E-state index in [1.807, 2.05) is 13.8 Å². The van der Waals surface area contributed by atoms with Gasteiger partial charge in [0.2, 0.25) is 10.0 Å². The van der Waals surface area contributed by atoms with Crippen molar-refractivity contribution in [3.05, 3.63) is 0 Å². The lowest BCUT2D eigenvalue weighted by molar-refractivity contribution is 0.251. The van der Waals surface area contributed by atoms with Gasteiger partial charge in [-0.2, -0.15) is 0 Å². The van der Waals surface area contributed by atoms with Crippen LogP contribution in [-0.4, -0.2) is 26.3 Å². The fraction of sp³-hybridized carbons (Fsp3) is 1.00. The molecule has 0 unspecified atom stereocenters. The Hall–Kier alpha value is -0.130. The zero-order valence-electron chi connectivity index (χ0n) is 9.62. The Kier molecular flexibility index (Phi) is 4.14. The fourth-order valence-corrected chi connectivity index (χ4v) is 2.96. The van der Waals surface area contributed by atoms with E-state index in [1.165, 1.54) is 0 Å². The van der Waals surface area contributed by atoms with E-state index in [4.69, 9.17) is 5.73 Å². The first-order valence-electron chi connectivity index (χ1n) is 5.59. The third-order valence-corrected chi connectivity index (χ3v) is 4.31. The summed E-state index contributed by atoms with van der Waals surface area (Å²) in [6.07, 6.45) is 3.68. The van der Waals surface area contributed by atoms with Crippen LogP contribution in [0.25, 0.3) is 0 Å². The first-order chi connectivity index (χ1) is 6.83. The van der Waals surface area contributed by atoms with Crippen LogP contribution in [-0.2, 0) is 10.0 Å². The fourth-order valence-electron chi connectivity index (χ4n) is 1.52. The quantitative estimate of drug-likeness (QED) is 0.715. The van der Waals surface area contributed by atoms with Crippen molar-refractivity contribution in [3.8, 4) is 0 Å². The minimum absolute atomic E-state index is 0.209. The Bertz CT molecular complexity index is 295. The molecule has 0 aromatic rings. The zero-order valence-corrected chi connectivity index (χ0v) is 10.4. The smallest absolute Gasteiger partial charge is 0.211 e. The molecule has 0 aromatic heterocycles. The molecule has 0 bridgehead atoms. The number of nitrogens with two attached hydrogens (primary N) is 1. The summed E-state index contributed by atoms with van der Waals surface area (Å²) in [5.41, 5.74) is 5.67. The second-order valence-electron chi connectivity index (χ2n) is 5.04. The van der Waals surface area contributed by atoms with Crippen LogP contribution >= 0.6 is 0 Å². The second-order valence-corrected chi connectivity index (χ2v) is 6.96. The molecule has 1 rings (SSSR count). The van der Waals surface area contributed by atoms with Gasteiger partial charge in [-0.25, -0.2) is 13.1 Å². The summed E-state index contributed by atoms with van der Waals surface area (Å²) in [6.45, 7) is 4.44. The van der Waals surface area contributed by atoms with E-state index < -0.39 is 10.0 Å². The lowest BCUT2D eigenvalue weighted by atomic mass is 9.78. The van der Waals surface area contributed by atoms with E-state index >= 15 is 0 Å². The minimum atomic E-state index is -3.12. The Morgan fingerprint density at radius 1 is 1.40 bits per heavy atom. The van der Waals surface area contributed by atoms with Gasteiger partial charge in [-0.1, -0.05) is 13.8 Å². The minimum Gasteiger partial charge on any atom is -0.324 e. The lowest BCUT2D eigenvalue weighted by Crippen LogP contribution is -2.55. The molecule has 0 radical (unpaired) electrons. The summed E-state index contributed by atoms with van der Waals surface area (Å²) >= 11 is 0. The molecule has 0 saturated heterocycles. The molecule has 0 atom stereocenters. The molecule has 0 aliphatic heterocycles. The van der Waals surface area contributed by atoms with Gasteiger partial charge < -0.3 is 5.73 Å². The summed E-state index contributed by atoms with van der Waals surface area (Å²) in [5, 5.41) is 0. The molecule has 1 aliphatic carbocycles. The van der Waals surface area contributed by atoms with Crippen LogP contribution in [0.5, 0.6) is 0 Å². The molecule has 1 fully saturated rings. The summed E-state index contributed by atoms with van der Waals surface area (Å²) < 4.78 is 25.7. The molecular formula is C10H22N2O2S. The van der Waals surface area contributed by atoms with Crippen LogP contribution in [0.2, 0.25) is 0 Å². The van der Waals surface area contributed by atoms with Crippen LogP contribution in [0.15, 0.2) is 0 Å². The highest BCUT2D eigenvalue weighted by molar-refractivity contribution is 7.89. The maximum Gasteiger partial charge on any atom is 0.211 e. The maximum atomic E-state index is 11.6. The Morgan fingerprint density at radius 2 is 2.00 bits per heavy atom. The van der Waals surface area contributed by atoms with Crippen molar-refractivity contribution in [3.63, 3.8) is 0 Å². The zero-order chi connectivity index (χ0) is 11.5. The van der Waals surface area contributed by atoms with Gasteiger partial charge in [-0.05, 0) is 31.6 Å². The number of hydrogen-bond donors (Lipinski definition) is 2. The third-order valence-electron chi connectivity index (χ3n) is 2.96. The molecule has 0 heterocycles. The van der Waals surface area contributed by atoms with Crippen molar-refractivity contribution >= 4 is 10.0 Å². The van der Waals surface area contributed by atoms with Crippen molar-refractivity contribution in [2.24, 2.45) is 11.7 Å². The molecular weight excluding hydrogens is 212 g/mol. The molecule has 15 heavy (non-hydrogen) atoms. The number of rotatable bonds is 6. The molecule has 1 aliphatic rings. The summed E-state index contributed by atoms with van der Waals surface area (Å²) in [7, 11) is -3.12. The Balaban J connectivity index is 2.29. The third kappa shape index (κ3) is 4.49. The van der Waals surface area contributed by atoms with E-state index in [0.29, 0.717) is 18.9 Å². The molecule has 0 spiro atoms. The van der Waals surface area contributed by atoms with Gasteiger partial charge in [-0.15, -0.1) is 0 Å². The highest BCUT2D eigenvalue weighted by atomic mass is 32.2. The standard InChI is InChI=1S/C10H22N2O2S/c1-9(2)4-7-15(13,14)12-8-10(11)5-3-6-10/h9,12H,3-8,11H2,1-2H3. The normalized spacial score (nSPS) is 20.3. The van der Waals surface area contributed by atoms with E-state index in [2.05, 4.69) is 4.72 Å². The van der Waals surface area contributed by atoms with E-state index in [0.717, 1.165) is 19.3 Å². The first kappa shape index (κ1) is 12.9. The maximum absolute atomic E-state index is 11.6. The predicted molar refractivity (Wildman–Crippen MR) is 62.0 cm³/mol. The monoisotopic (exact) mass is 234 g/mol. The summed E-state index contributed by atoms with van der Waals surface area (Å²) in [5.74, 6) is 0.623. The van der Waals surface area contributed by atoms with Crippen molar-refractivity contribution in [2.45, 2.75) is 45.1 Å². The first-order valence-corrected chi connectivity index (χ1v) is 7.24.